The average molecular weight is 263 g/mol. The zero-order chi connectivity index (χ0) is 12.2. The van der Waals surface area contributed by atoms with Crippen LogP contribution in [-0.2, 0) is 11.1 Å². The van der Waals surface area contributed by atoms with E-state index in [-0.39, 0.29) is 0 Å². The van der Waals surface area contributed by atoms with E-state index in [9.17, 15) is 4.57 Å². The van der Waals surface area contributed by atoms with Crippen LogP contribution in [0.4, 0.5) is 0 Å². The fourth-order valence-corrected chi connectivity index (χ4v) is 1.57. The average Bonchev–Trinajstić information content (AvgIpc) is 2.25. The fraction of sp³-hybridized carbons (Fsp3) is 0.500. The first-order chi connectivity index (χ1) is 7.43. The number of hydrogen-bond donors (Lipinski definition) is 3. The summed E-state index contributed by atoms with van der Waals surface area (Å²) in [6.45, 7) is 1.78. The van der Waals surface area contributed by atoms with E-state index in [0.29, 0.717) is 11.7 Å². The van der Waals surface area contributed by atoms with E-state index in [1.165, 1.54) is 18.7 Å². The van der Waals surface area contributed by atoms with Crippen LogP contribution in [0.5, 0.6) is 0 Å². The smallest absolute Gasteiger partial charge is 0.323 e. The third kappa shape index (κ3) is 4.19. The molecule has 1 rings (SSSR count). The molecule has 0 saturated carbocycles. The van der Waals surface area contributed by atoms with E-state index in [1.54, 1.807) is 12.4 Å². The third-order valence-corrected chi connectivity index (χ3v) is 3.74. The molecule has 1 atom stereocenters. The summed E-state index contributed by atoms with van der Waals surface area (Å²) in [5.41, 5.74) is 0.790. The zero-order valence-corrected chi connectivity index (χ0v) is 10.7. The van der Waals surface area contributed by atoms with Crippen molar-refractivity contribution in [3.63, 3.8) is 0 Å². The highest BCUT2D eigenvalue weighted by Crippen LogP contribution is 2.39. The van der Waals surface area contributed by atoms with Gasteiger partial charge in [-0.2, -0.15) is 0 Å². The quantitative estimate of drug-likeness (QED) is 0.411. The summed E-state index contributed by atoms with van der Waals surface area (Å²) in [4.78, 5) is 25.8. The second kappa shape index (κ2) is 5.75. The monoisotopic (exact) mass is 263 g/mol. The Bertz CT molecular complexity index is 381. The molecule has 0 unspecified atom stereocenters. The standard InChI is InChI=1S/C8H14N3O3PS/c1-6(15(12,13)14)9-3-7-4-10-8(16-2)11-5-7/h4-6,9H,3H2,1-2H3,(H2,12,13,14)/t6-/m0/s1. The highest BCUT2D eigenvalue weighted by Gasteiger charge is 2.22. The third-order valence-electron chi connectivity index (χ3n) is 1.97. The van der Waals surface area contributed by atoms with Crippen molar-refractivity contribution in [3.05, 3.63) is 18.0 Å². The molecule has 8 heteroatoms. The molecule has 1 aromatic heterocycles. The van der Waals surface area contributed by atoms with Crippen LogP contribution in [-0.4, -0.2) is 31.8 Å². The molecule has 0 spiro atoms. The number of thioether (sulfide) groups is 1. The lowest BCUT2D eigenvalue weighted by molar-refractivity contribution is 0.350. The first kappa shape index (κ1) is 13.6. The molecule has 0 aliphatic rings. The van der Waals surface area contributed by atoms with Gasteiger partial charge >= 0.3 is 7.60 Å². The molecule has 0 aromatic carbocycles. The highest BCUT2D eigenvalue weighted by molar-refractivity contribution is 7.98. The van der Waals surface area contributed by atoms with Gasteiger partial charge in [0.15, 0.2) is 5.16 Å². The molecule has 0 fully saturated rings. The predicted octanol–water partition coefficient (Wildman–Crippen LogP) is 0.812. The van der Waals surface area contributed by atoms with Gasteiger partial charge in [-0.05, 0) is 13.2 Å². The molecule has 1 heterocycles. The van der Waals surface area contributed by atoms with E-state index < -0.39 is 13.4 Å². The number of aromatic nitrogens is 2. The molecule has 1 aromatic rings. The van der Waals surface area contributed by atoms with Gasteiger partial charge in [-0.3, -0.25) is 9.88 Å². The van der Waals surface area contributed by atoms with Crippen molar-refractivity contribution in [2.75, 3.05) is 6.26 Å². The molecule has 3 N–H and O–H groups in total. The molecule has 0 amide bonds. The summed E-state index contributed by atoms with van der Waals surface area (Å²) in [5.74, 6) is -0.868. The topological polar surface area (TPSA) is 95.3 Å². The van der Waals surface area contributed by atoms with Crippen molar-refractivity contribution < 1.29 is 14.4 Å². The van der Waals surface area contributed by atoms with Crippen LogP contribution in [0.25, 0.3) is 0 Å². The van der Waals surface area contributed by atoms with Gasteiger partial charge in [0, 0.05) is 24.5 Å². The molecule has 90 valence electrons. The Morgan fingerprint density at radius 3 is 2.50 bits per heavy atom. The second-order valence-corrected chi connectivity index (χ2v) is 5.95. The molecule has 0 bridgehead atoms. The van der Waals surface area contributed by atoms with Crippen molar-refractivity contribution in [1.82, 2.24) is 15.3 Å². The molecule has 0 aliphatic carbocycles. The van der Waals surface area contributed by atoms with Gasteiger partial charge in [0.05, 0.1) is 0 Å². The van der Waals surface area contributed by atoms with Crippen molar-refractivity contribution in [3.8, 4) is 0 Å². The van der Waals surface area contributed by atoms with Gasteiger partial charge in [-0.15, -0.1) is 0 Å². The van der Waals surface area contributed by atoms with E-state index in [0.717, 1.165) is 5.56 Å². The maximum Gasteiger partial charge on any atom is 0.342 e. The maximum absolute atomic E-state index is 10.9. The zero-order valence-electron chi connectivity index (χ0n) is 8.99. The Morgan fingerprint density at radius 2 is 2.06 bits per heavy atom. The van der Waals surface area contributed by atoms with Gasteiger partial charge in [0.1, 0.15) is 5.78 Å². The molecular weight excluding hydrogens is 249 g/mol. The van der Waals surface area contributed by atoms with E-state index in [2.05, 4.69) is 15.3 Å². The van der Waals surface area contributed by atoms with Gasteiger partial charge in [0.2, 0.25) is 0 Å². The summed E-state index contributed by atoms with van der Waals surface area (Å²) in [6.07, 6.45) is 5.15. The Hall–Kier alpha value is -0.460. The summed E-state index contributed by atoms with van der Waals surface area (Å²) in [5, 5.41) is 3.40. The molecule has 0 radical (unpaired) electrons. The minimum Gasteiger partial charge on any atom is -0.323 e. The van der Waals surface area contributed by atoms with Crippen LogP contribution >= 0.6 is 19.4 Å². The lowest BCUT2D eigenvalue weighted by atomic mass is 10.3. The summed E-state index contributed by atoms with van der Waals surface area (Å²) >= 11 is 1.44. The Kier molecular flexibility index (Phi) is 4.89. The minimum atomic E-state index is -4.07. The first-order valence-electron chi connectivity index (χ1n) is 4.57. The van der Waals surface area contributed by atoms with E-state index >= 15 is 0 Å². The van der Waals surface area contributed by atoms with Crippen molar-refractivity contribution >= 4 is 19.4 Å². The minimum absolute atomic E-state index is 0.334. The van der Waals surface area contributed by atoms with Crippen molar-refractivity contribution in [2.45, 2.75) is 24.4 Å². The van der Waals surface area contributed by atoms with Gasteiger partial charge in [-0.25, -0.2) is 9.97 Å². The number of hydrogen-bond acceptors (Lipinski definition) is 5. The molecule has 0 saturated heterocycles. The van der Waals surface area contributed by atoms with Gasteiger partial charge in [-0.1, -0.05) is 11.8 Å². The SMILES string of the molecule is CSc1ncc(CN[C@H](C)P(=O)(O)O)cn1. The van der Waals surface area contributed by atoms with Crippen LogP contribution in [0.3, 0.4) is 0 Å². The lowest BCUT2D eigenvalue weighted by Crippen LogP contribution is -2.25. The van der Waals surface area contributed by atoms with Gasteiger partial charge in [0.25, 0.3) is 0 Å². The second-order valence-electron chi connectivity index (χ2n) is 3.22. The van der Waals surface area contributed by atoms with Crippen LogP contribution < -0.4 is 5.32 Å². The van der Waals surface area contributed by atoms with Crippen molar-refractivity contribution in [1.29, 1.82) is 0 Å². The normalized spacial score (nSPS) is 13.8. The van der Waals surface area contributed by atoms with Crippen LogP contribution in [0, 0.1) is 0 Å². The van der Waals surface area contributed by atoms with Crippen LogP contribution in [0.15, 0.2) is 17.6 Å². The van der Waals surface area contributed by atoms with Crippen molar-refractivity contribution in [2.24, 2.45) is 0 Å². The lowest BCUT2D eigenvalue weighted by Gasteiger charge is -2.14. The Balaban J connectivity index is 2.52. The summed E-state index contributed by atoms with van der Waals surface area (Å²) in [6, 6.07) is 0. The first-order valence-corrected chi connectivity index (χ1v) is 7.47. The fourth-order valence-electron chi connectivity index (χ4n) is 0.924. The predicted molar refractivity (Wildman–Crippen MR) is 62.2 cm³/mol. The summed E-state index contributed by atoms with van der Waals surface area (Å²) in [7, 11) is -4.07. The number of nitrogens with zero attached hydrogens (tertiary/aromatic N) is 2. The van der Waals surface area contributed by atoms with Crippen LogP contribution in [0.2, 0.25) is 0 Å². The summed E-state index contributed by atoms with van der Waals surface area (Å²) < 4.78 is 10.9. The highest BCUT2D eigenvalue weighted by atomic mass is 32.2. The molecule has 0 aliphatic heterocycles. The number of rotatable bonds is 5. The van der Waals surface area contributed by atoms with Gasteiger partial charge < -0.3 is 9.79 Å². The van der Waals surface area contributed by atoms with Crippen LogP contribution in [0.1, 0.15) is 12.5 Å². The number of nitrogens with one attached hydrogen (secondary N) is 1. The largest absolute Gasteiger partial charge is 0.342 e. The molecule has 6 nitrogen and oxygen atoms in total. The maximum atomic E-state index is 10.9. The van der Waals surface area contributed by atoms with E-state index in [1.807, 2.05) is 6.26 Å². The Morgan fingerprint density at radius 1 is 1.50 bits per heavy atom. The molecule has 16 heavy (non-hydrogen) atoms. The Labute approximate surface area is 98.1 Å². The molecular formula is C8H14N3O3PS. The van der Waals surface area contributed by atoms with E-state index in [4.69, 9.17) is 9.79 Å².